The molecule has 1 aromatic carbocycles. The molecular weight excluding hydrogens is 250 g/mol. The van der Waals surface area contributed by atoms with E-state index in [1.54, 1.807) is 0 Å². The standard InChI is InChI=1S/C16H21N3O/c20-16(13-6-3-5-12-10-17-18-15(12)13)19-9-8-11-4-1-2-7-14(11)19/h1-2,4,7,12-13,15,17-18H,3,5-6,8-10H2. The Balaban J connectivity index is 1.59. The molecule has 1 amide bonds. The molecule has 0 aromatic heterocycles. The van der Waals surface area contributed by atoms with Gasteiger partial charge in [0.05, 0.1) is 5.92 Å². The molecule has 4 nitrogen and oxygen atoms in total. The number of carbonyl (C=O) groups excluding carboxylic acids is 1. The zero-order valence-electron chi connectivity index (χ0n) is 11.6. The van der Waals surface area contributed by atoms with E-state index in [0.717, 1.165) is 31.6 Å². The van der Waals surface area contributed by atoms with Gasteiger partial charge in [0.25, 0.3) is 0 Å². The summed E-state index contributed by atoms with van der Waals surface area (Å²) in [6.07, 6.45) is 4.43. The second-order valence-corrected chi connectivity index (χ2v) is 6.22. The Morgan fingerprint density at radius 3 is 3.10 bits per heavy atom. The van der Waals surface area contributed by atoms with Crippen LogP contribution in [0.1, 0.15) is 24.8 Å². The average Bonchev–Trinajstić information content (AvgIpc) is 3.12. The third-order valence-corrected chi connectivity index (χ3v) is 5.13. The lowest BCUT2D eigenvalue weighted by atomic mass is 9.77. The third kappa shape index (κ3) is 1.86. The molecule has 2 aliphatic heterocycles. The number of carbonyl (C=O) groups is 1. The number of benzene rings is 1. The van der Waals surface area contributed by atoms with Crippen LogP contribution in [0.5, 0.6) is 0 Å². The van der Waals surface area contributed by atoms with Crippen molar-refractivity contribution in [1.82, 2.24) is 10.9 Å². The third-order valence-electron chi connectivity index (χ3n) is 5.13. The van der Waals surface area contributed by atoms with Gasteiger partial charge in [-0.05, 0) is 36.8 Å². The first-order chi connectivity index (χ1) is 9.84. The van der Waals surface area contributed by atoms with Crippen LogP contribution in [0.3, 0.4) is 0 Å². The van der Waals surface area contributed by atoms with E-state index in [1.807, 2.05) is 11.0 Å². The highest BCUT2D eigenvalue weighted by molar-refractivity contribution is 5.97. The van der Waals surface area contributed by atoms with Gasteiger partial charge in [0.1, 0.15) is 0 Å². The second-order valence-electron chi connectivity index (χ2n) is 6.22. The fourth-order valence-electron chi connectivity index (χ4n) is 4.09. The van der Waals surface area contributed by atoms with Crippen molar-refractivity contribution in [2.45, 2.75) is 31.7 Å². The summed E-state index contributed by atoms with van der Waals surface area (Å²) in [6, 6.07) is 8.64. The normalized spacial score (nSPS) is 32.0. The van der Waals surface area contributed by atoms with E-state index in [1.165, 1.54) is 18.4 Å². The van der Waals surface area contributed by atoms with Crippen LogP contribution >= 0.6 is 0 Å². The summed E-state index contributed by atoms with van der Waals surface area (Å²) >= 11 is 0. The maximum absolute atomic E-state index is 13.0. The van der Waals surface area contributed by atoms with E-state index in [-0.39, 0.29) is 5.92 Å². The van der Waals surface area contributed by atoms with Gasteiger partial charge in [-0.3, -0.25) is 15.6 Å². The molecule has 1 saturated heterocycles. The molecule has 3 unspecified atom stereocenters. The molecule has 106 valence electrons. The van der Waals surface area contributed by atoms with Crippen molar-refractivity contribution in [3.63, 3.8) is 0 Å². The summed E-state index contributed by atoms with van der Waals surface area (Å²) < 4.78 is 0. The van der Waals surface area contributed by atoms with E-state index >= 15 is 0 Å². The number of anilines is 1. The van der Waals surface area contributed by atoms with Crippen LogP contribution in [-0.2, 0) is 11.2 Å². The minimum atomic E-state index is 0.134. The first kappa shape index (κ1) is 12.4. The van der Waals surface area contributed by atoms with Gasteiger partial charge in [0.2, 0.25) is 5.91 Å². The molecule has 4 heteroatoms. The summed E-state index contributed by atoms with van der Waals surface area (Å²) in [5, 5.41) is 0. The van der Waals surface area contributed by atoms with Crippen LogP contribution in [0.2, 0.25) is 0 Å². The number of rotatable bonds is 1. The molecule has 1 aromatic rings. The highest BCUT2D eigenvalue weighted by Gasteiger charge is 2.42. The van der Waals surface area contributed by atoms with Gasteiger partial charge in [0.15, 0.2) is 0 Å². The van der Waals surface area contributed by atoms with Gasteiger partial charge >= 0.3 is 0 Å². The zero-order valence-corrected chi connectivity index (χ0v) is 11.6. The number of hydrogen-bond donors (Lipinski definition) is 2. The van der Waals surface area contributed by atoms with Gasteiger partial charge < -0.3 is 4.90 Å². The number of amides is 1. The van der Waals surface area contributed by atoms with Gasteiger partial charge in [-0.25, -0.2) is 0 Å². The van der Waals surface area contributed by atoms with Crippen LogP contribution in [0.15, 0.2) is 24.3 Å². The van der Waals surface area contributed by atoms with Gasteiger partial charge in [0, 0.05) is 24.8 Å². The number of para-hydroxylation sites is 1. The zero-order chi connectivity index (χ0) is 13.5. The first-order valence-corrected chi connectivity index (χ1v) is 7.72. The monoisotopic (exact) mass is 271 g/mol. The van der Waals surface area contributed by atoms with Gasteiger partial charge in [-0.15, -0.1) is 0 Å². The molecule has 2 heterocycles. The van der Waals surface area contributed by atoms with Crippen LogP contribution < -0.4 is 15.8 Å². The molecule has 1 saturated carbocycles. The van der Waals surface area contributed by atoms with Crippen LogP contribution in [0, 0.1) is 11.8 Å². The summed E-state index contributed by atoms with van der Waals surface area (Å²) in [5.41, 5.74) is 9.02. The van der Waals surface area contributed by atoms with Crippen molar-refractivity contribution < 1.29 is 4.79 Å². The van der Waals surface area contributed by atoms with Crippen molar-refractivity contribution in [1.29, 1.82) is 0 Å². The Hall–Kier alpha value is -1.39. The maximum atomic E-state index is 13.0. The number of hydrazine groups is 1. The Bertz CT molecular complexity index is 530. The smallest absolute Gasteiger partial charge is 0.231 e. The first-order valence-electron chi connectivity index (χ1n) is 7.72. The Morgan fingerprint density at radius 1 is 1.25 bits per heavy atom. The van der Waals surface area contributed by atoms with Gasteiger partial charge in [-0.1, -0.05) is 24.6 Å². The summed E-state index contributed by atoms with van der Waals surface area (Å²) in [6.45, 7) is 1.85. The van der Waals surface area contributed by atoms with Crippen LogP contribution in [0.25, 0.3) is 0 Å². The van der Waals surface area contributed by atoms with Crippen LogP contribution in [0.4, 0.5) is 5.69 Å². The van der Waals surface area contributed by atoms with E-state index < -0.39 is 0 Å². The predicted octanol–water partition coefficient (Wildman–Crippen LogP) is 1.47. The number of nitrogens with zero attached hydrogens (tertiary/aromatic N) is 1. The summed E-state index contributed by atoms with van der Waals surface area (Å²) in [7, 11) is 0. The summed E-state index contributed by atoms with van der Waals surface area (Å²) in [5.74, 6) is 1.08. The fourth-order valence-corrected chi connectivity index (χ4v) is 4.09. The Morgan fingerprint density at radius 2 is 2.15 bits per heavy atom. The van der Waals surface area contributed by atoms with Crippen molar-refractivity contribution in [2.75, 3.05) is 18.0 Å². The predicted molar refractivity (Wildman–Crippen MR) is 78.3 cm³/mol. The maximum Gasteiger partial charge on any atom is 0.231 e. The molecule has 20 heavy (non-hydrogen) atoms. The quantitative estimate of drug-likeness (QED) is 0.813. The highest BCUT2D eigenvalue weighted by Crippen LogP contribution is 2.35. The Kier molecular flexibility index (Phi) is 3.00. The molecule has 2 fully saturated rings. The number of nitrogens with one attached hydrogen (secondary N) is 2. The van der Waals surface area contributed by atoms with E-state index in [9.17, 15) is 4.79 Å². The highest BCUT2D eigenvalue weighted by atomic mass is 16.2. The average molecular weight is 271 g/mol. The number of fused-ring (bicyclic) bond motifs is 2. The summed E-state index contributed by atoms with van der Waals surface area (Å²) in [4.78, 5) is 15.0. The molecule has 0 bridgehead atoms. The SMILES string of the molecule is O=C(C1CCCC2CNNC21)N1CCc2ccccc21. The van der Waals surface area contributed by atoms with E-state index in [4.69, 9.17) is 0 Å². The van der Waals surface area contributed by atoms with Crippen molar-refractivity contribution in [2.24, 2.45) is 11.8 Å². The molecule has 3 aliphatic rings. The number of hydrogen-bond acceptors (Lipinski definition) is 3. The largest absolute Gasteiger partial charge is 0.312 e. The van der Waals surface area contributed by atoms with Crippen molar-refractivity contribution in [3.05, 3.63) is 29.8 Å². The minimum absolute atomic E-state index is 0.134. The van der Waals surface area contributed by atoms with Crippen molar-refractivity contribution in [3.8, 4) is 0 Å². The molecule has 1 aliphatic carbocycles. The molecular formula is C16H21N3O. The molecule has 4 rings (SSSR count). The molecule has 0 spiro atoms. The molecule has 2 N–H and O–H groups in total. The second kappa shape index (κ2) is 4.86. The van der Waals surface area contributed by atoms with Crippen LogP contribution in [-0.4, -0.2) is 25.0 Å². The fraction of sp³-hybridized carbons (Fsp3) is 0.562. The lowest BCUT2D eigenvalue weighted by molar-refractivity contribution is -0.124. The molecule has 0 radical (unpaired) electrons. The van der Waals surface area contributed by atoms with Gasteiger partial charge in [-0.2, -0.15) is 0 Å². The molecule has 3 atom stereocenters. The van der Waals surface area contributed by atoms with Crippen molar-refractivity contribution >= 4 is 11.6 Å². The lowest BCUT2D eigenvalue weighted by Crippen LogP contribution is -2.49. The van der Waals surface area contributed by atoms with E-state index in [0.29, 0.717) is 17.9 Å². The minimum Gasteiger partial charge on any atom is -0.312 e. The topological polar surface area (TPSA) is 44.4 Å². The lowest BCUT2D eigenvalue weighted by Gasteiger charge is -2.34. The van der Waals surface area contributed by atoms with E-state index in [2.05, 4.69) is 29.1 Å². The Labute approximate surface area is 119 Å².